The molecule has 2 nitrogen and oxygen atoms in total. The molecule has 0 fully saturated rings. The molecule has 0 heterocycles. The maximum Gasteiger partial charge on any atom is 0.131 e. The average Bonchev–Trinajstić information content (AvgIpc) is 2.40. The number of nitrogens with two attached hydrogens (primary N) is 1. The van der Waals surface area contributed by atoms with E-state index in [-0.39, 0.29) is 5.82 Å². The lowest BCUT2D eigenvalue weighted by molar-refractivity contribution is 0.202. The number of ether oxygens (including phenoxy) is 1. The van der Waals surface area contributed by atoms with Crippen LogP contribution in [0.4, 0.5) is 10.1 Å². The van der Waals surface area contributed by atoms with Crippen molar-refractivity contribution in [3.63, 3.8) is 0 Å². The molecule has 2 rings (SSSR count). The van der Waals surface area contributed by atoms with E-state index >= 15 is 0 Å². The van der Waals surface area contributed by atoms with Gasteiger partial charge in [-0.2, -0.15) is 0 Å². The van der Waals surface area contributed by atoms with Crippen LogP contribution in [0.1, 0.15) is 5.56 Å². The Morgan fingerprint density at radius 2 is 1.83 bits per heavy atom. The Balaban J connectivity index is 2.25. The lowest BCUT2D eigenvalue weighted by atomic mass is 10.0. The standard InChI is InChI=1S/C15H16FNO/c1-18-9-8-11-2-4-12(5-3-11)14-10-13(17)6-7-15(14)16/h2-7,10H,8-9,17H2,1H3. The van der Waals surface area contributed by atoms with Gasteiger partial charge in [0.05, 0.1) is 6.61 Å². The minimum absolute atomic E-state index is 0.256. The molecule has 3 heteroatoms. The molecule has 0 spiro atoms. The summed E-state index contributed by atoms with van der Waals surface area (Å²) in [4.78, 5) is 0. The number of rotatable bonds is 4. The second-order valence-electron chi connectivity index (χ2n) is 4.18. The molecule has 0 aliphatic rings. The minimum Gasteiger partial charge on any atom is -0.399 e. The summed E-state index contributed by atoms with van der Waals surface area (Å²) >= 11 is 0. The van der Waals surface area contributed by atoms with Crippen LogP contribution >= 0.6 is 0 Å². The molecule has 0 saturated carbocycles. The van der Waals surface area contributed by atoms with Crippen molar-refractivity contribution in [2.24, 2.45) is 0 Å². The molecular formula is C15H16FNO. The van der Waals surface area contributed by atoms with Gasteiger partial charge in [-0.3, -0.25) is 0 Å². The molecule has 0 radical (unpaired) electrons. The van der Waals surface area contributed by atoms with Crippen molar-refractivity contribution in [2.45, 2.75) is 6.42 Å². The third kappa shape index (κ3) is 2.87. The van der Waals surface area contributed by atoms with Gasteiger partial charge in [-0.25, -0.2) is 4.39 Å². The van der Waals surface area contributed by atoms with Gasteiger partial charge in [-0.05, 0) is 35.7 Å². The summed E-state index contributed by atoms with van der Waals surface area (Å²) in [6, 6.07) is 12.4. The third-order valence-electron chi connectivity index (χ3n) is 2.85. The van der Waals surface area contributed by atoms with Gasteiger partial charge in [0, 0.05) is 18.4 Å². The molecule has 0 aliphatic carbocycles. The molecule has 2 aromatic rings. The topological polar surface area (TPSA) is 35.2 Å². The Labute approximate surface area is 106 Å². The lowest BCUT2D eigenvalue weighted by Gasteiger charge is -2.06. The van der Waals surface area contributed by atoms with Gasteiger partial charge in [-0.1, -0.05) is 24.3 Å². The molecule has 0 bridgehead atoms. The lowest BCUT2D eigenvalue weighted by Crippen LogP contribution is -1.94. The first kappa shape index (κ1) is 12.6. The van der Waals surface area contributed by atoms with Crippen LogP contribution in [-0.4, -0.2) is 13.7 Å². The molecule has 94 valence electrons. The summed E-state index contributed by atoms with van der Waals surface area (Å²) in [7, 11) is 1.68. The van der Waals surface area contributed by atoms with E-state index in [1.807, 2.05) is 24.3 Å². The van der Waals surface area contributed by atoms with Gasteiger partial charge in [-0.15, -0.1) is 0 Å². The van der Waals surface area contributed by atoms with Crippen LogP contribution in [0.25, 0.3) is 11.1 Å². The van der Waals surface area contributed by atoms with Crippen molar-refractivity contribution in [1.82, 2.24) is 0 Å². The predicted molar refractivity (Wildman–Crippen MR) is 71.8 cm³/mol. The van der Waals surface area contributed by atoms with Crippen molar-refractivity contribution in [1.29, 1.82) is 0 Å². The summed E-state index contributed by atoms with van der Waals surface area (Å²) in [6.45, 7) is 0.687. The number of anilines is 1. The molecule has 0 aromatic heterocycles. The Morgan fingerprint density at radius 1 is 1.11 bits per heavy atom. The Kier molecular flexibility index (Phi) is 3.95. The van der Waals surface area contributed by atoms with Crippen molar-refractivity contribution >= 4 is 5.69 Å². The van der Waals surface area contributed by atoms with E-state index in [1.54, 1.807) is 19.2 Å². The Morgan fingerprint density at radius 3 is 2.50 bits per heavy atom. The van der Waals surface area contributed by atoms with Crippen molar-refractivity contribution < 1.29 is 9.13 Å². The van der Waals surface area contributed by atoms with Crippen LogP contribution in [0.5, 0.6) is 0 Å². The summed E-state index contributed by atoms with van der Waals surface area (Å²) < 4.78 is 18.7. The number of halogens is 1. The fraction of sp³-hybridized carbons (Fsp3) is 0.200. The fourth-order valence-corrected chi connectivity index (χ4v) is 1.83. The number of benzene rings is 2. The van der Waals surface area contributed by atoms with E-state index in [4.69, 9.17) is 10.5 Å². The maximum absolute atomic E-state index is 13.7. The first-order chi connectivity index (χ1) is 8.70. The smallest absolute Gasteiger partial charge is 0.131 e. The van der Waals surface area contributed by atoms with E-state index in [0.29, 0.717) is 17.9 Å². The minimum atomic E-state index is -0.256. The van der Waals surface area contributed by atoms with Gasteiger partial charge in [0.1, 0.15) is 5.82 Å². The first-order valence-corrected chi connectivity index (χ1v) is 5.84. The van der Waals surface area contributed by atoms with Crippen LogP contribution in [-0.2, 0) is 11.2 Å². The van der Waals surface area contributed by atoms with E-state index < -0.39 is 0 Å². The van der Waals surface area contributed by atoms with Gasteiger partial charge in [0.15, 0.2) is 0 Å². The van der Waals surface area contributed by atoms with Crippen LogP contribution in [0, 0.1) is 5.82 Å². The molecule has 0 atom stereocenters. The highest BCUT2D eigenvalue weighted by atomic mass is 19.1. The molecule has 18 heavy (non-hydrogen) atoms. The molecule has 0 aliphatic heterocycles. The second kappa shape index (κ2) is 5.65. The second-order valence-corrected chi connectivity index (χ2v) is 4.18. The normalized spacial score (nSPS) is 10.6. The van der Waals surface area contributed by atoms with E-state index in [9.17, 15) is 4.39 Å². The van der Waals surface area contributed by atoms with E-state index in [2.05, 4.69) is 0 Å². The third-order valence-corrected chi connectivity index (χ3v) is 2.85. The summed E-state index contributed by atoms with van der Waals surface area (Å²) in [5, 5.41) is 0. The van der Waals surface area contributed by atoms with Crippen molar-refractivity contribution in [3.8, 4) is 11.1 Å². The molecular weight excluding hydrogens is 229 g/mol. The Hall–Kier alpha value is -1.87. The highest BCUT2D eigenvalue weighted by molar-refractivity contribution is 5.68. The Bertz CT molecular complexity index is 523. The van der Waals surface area contributed by atoms with Crippen LogP contribution < -0.4 is 5.73 Å². The predicted octanol–water partition coefficient (Wildman–Crippen LogP) is 3.26. The van der Waals surface area contributed by atoms with E-state index in [0.717, 1.165) is 12.0 Å². The summed E-state index contributed by atoms with van der Waals surface area (Å²) in [5.74, 6) is -0.256. The molecule has 0 saturated heterocycles. The molecule has 0 amide bonds. The highest BCUT2D eigenvalue weighted by Gasteiger charge is 2.05. The maximum atomic E-state index is 13.7. The summed E-state index contributed by atoms with van der Waals surface area (Å²) in [6.07, 6.45) is 0.857. The molecule has 0 unspecified atom stereocenters. The zero-order chi connectivity index (χ0) is 13.0. The van der Waals surface area contributed by atoms with Gasteiger partial charge in [0.2, 0.25) is 0 Å². The number of nitrogen functional groups attached to an aromatic ring is 1. The SMILES string of the molecule is COCCc1ccc(-c2cc(N)ccc2F)cc1. The first-order valence-electron chi connectivity index (χ1n) is 5.84. The van der Waals surface area contributed by atoms with Crippen molar-refractivity contribution in [3.05, 3.63) is 53.8 Å². The van der Waals surface area contributed by atoms with Gasteiger partial charge >= 0.3 is 0 Å². The molecule has 2 aromatic carbocycles. The number of methoxy groups -OCH3 is 1. The van der Waals surface area contributed by atoms with Crippen LogP contribution in [0.15, 0.2) is 42.5 Å². The fourth-order valence-electron chi connectivity index (χ4n) is 1.83. The van der Waals surface area contributed by atoms with Crippen LogP contribution in [0.3, 0.4) is 0 Å². The largest absolute Gasteiger partial charge is 0.399 e. The zero-order valence-corrected chi connectivity index (χ0v) is 10.3. The van der Waals surface area contributed by atoms with E-state index in [1.165, 1.54) is 11.6 Å². The van der Waals surface area contributed by atoms with Gasteiger partial charge in [0.25, 0.3) is 0 Å². The number of hydrogen-bond acceptors (Lipinski definition) is 2. The van der Waals surface area contributed by atoms with Crippen molar-refractivity contribution in [2.75, 3.05) is 19.5 Å². The highest BCUT2D eigenvalue weighted by Crippen LogP contribution is 2.25. The summed E-state index contributed by atoms with van der Waals surface area (Å²) in [5.41, 5.74) is 8.78. The van der Waals surface area contributed by atoms with Crippen LogP contribution in [0.2, 0.25) is 0 Å². The molecule has 2 N–H and O–H groups in total. The average molecular weight is 245 g/mol. The van der Waals surface area contributed by atoms with Gasteiger partial charge < -0.3 is 10.5 Å². The number of hydrogen-bond donors (Lipinski definition) is 1. The zero-order valence-electron chi connectivity index (χ0n) is 10.3. The monoisotopic (exact) mass is 245 g/mol. The quantitative estimate of drug-likeness (QED) is 0.839.